The third-order valence-corrected chi connectivity index (χ3v) is 6.44. The molecule has 0 aliphatic carbocycles. The minimum atomic E-state index is -0.647. The Labute approximate surface area is 177 Å². The van der Waals surface area contributed by atoms with E-state index in [9.17, 15) is 9.59 Å². The molecule has 1 N–H and O–H groups in total. The van der Waals surface area contributed by atoms with Gasteiger partial charge in [-0.15, -0.1) is 11.3 Å². The molecule has 2 aliphatic heterocycles. The van der Waals surface area contributed by atoms with Crippen molar-refractivity contribution in [3.63, 3.8) is 0 Å². The number of anilines is 1. The van der Waals surface area contributed by atoms with Gasteiger partial charge in [0.2, 0.25) is 12.0 Å². The van der Waals surface area contributed by atoms with Crippen LogP contribution in [-0.2, 0) is 14.4 Å². The van der Waals surface area contributed by atoms with E-state index in [1.54, 1.807) is 17.2 Å². The van der Waals surface area contributed by atoms with E-state index in [2.05, 4.69) is 15.5 Å². The Morgan fingerprint density at radius 2 is 2.21 bits per heavy atom. The van der Waals surface area contributed by atoms with Gasteiger partial charge in [-0.2, -0.15) is 0 Å². The van der Waals surface area contributed by atoms with Gasteiger partial charge in [0.05, 0.1) is 15.1 Å². The fourth-order valence-corrected chi connectivity index (χ4v) is 4.59. The van der Waals surface area contributed by atoms with Crippen molar-refractivity contribution < 1.29 is 14.4 Å². The second kappa shape index (κ2) is 8.51. The van der Waals surface area contributed by atoms with E-state index in [1.807, 2.05) is 25.1 Å². The number of aromatic nitrogens is 1. The number of pyridine rings is 1. The minimum absolute atomic E-state index is 0.109. The van der Waals surface area contributed by atoms with Gasteiger partial charge in [0.1, 0.15) is 11.5 Å². The summed E-state index contributed by atoms with van der Waals surface area (Å²) >= 11 is 7.39. The summed E-state index contributed by atoms with van der Waals surface area (Å²) in [5.41, 5.74) is 1.64. The normalized spacial score (nSPS) is 21.4. The summed E-state index contributed by atoms with van der Waals surface area (Å²) in [6.07, 6.45) is 2.92. The van der Waals surface area contributed by atoms with Gasteiger partial charge >= 0.3 is 0 Å². The number of hydrogen-bond acceptors (Lipinski definition) is 6. The molecule has 4 rings (SSSR count). The van der Waals surface area contributed by atoms with Crippen molar-refractivity contribution in [2.45, 2.75) is 32.3 Å². The van der Waals surface area contributed by atoms with Gasteiger partial charge in [-0.05, 0) is 43.5 Å². The highest BCUT2D eigenvalue weighted by Gasteiger charge is 2.36. The number of amides is 2. The molecule has 29 heavy (non-hydrogen) atoms. The van der Waals surface area contributed by atoms with E-state index >= 15 is 0 Å². The Hall–Kier alpha value is -2.45. The van der Waals surface area contributed by atoms with Crippen LogP contribution in [0.5, 0.6) is 0 Å². The molecule has 152 valence electrons. The van der Waals surface area contributed by atoms with Gasteiger partial charge in [0, 0.05) is 25.7 Å². The van der Waals surface area contributed by atoms with Gasteiger partial charge in [-0.1, -0.05) is 22.8 Å². The van der Waals surface area contributed by atoms with Crippen molar-refractivity contribution in [1.82, 2.24) is 9.88 Å². The van der Waals surface area contributed by atoms with E-state index in [4.69, 9.17) is 16.4 Å². The maximum atomic E-state index is 12.9. The number of nitrogens with one attached hydrogen (secondary N) is 1. The predicted molar refractivity (Wildman–Crippen MR) is 112 cm³/mol. The smallest absolute Gasteiger partial charge is 0.266 e. The van der Waals surface area contributed by atoms with Crippen LogP contribution in [0.25, 0.3) is 0 Å². The molecule has 2 atom stereocenters. The van der Waals surface area contributed by atoms with Crippen molar-refractivity contribution in [3.05, 3.63) is 45.2 Å². The van der Waals surface area contributed by atoms with Crippen LogP contribution in [0.2, 0.25) is 4.34 Å². The first-order chi connectivity index (χ1) is 14.0. The molecule has 1 saturated heterocycles. The monoisotopic (exact) mass is 432 g/mol. The van der Waals surface area contributed by atoms with Crippen LogP contribution in [0.3, 0.4) is 0 Å². The largest absolute Gasteiger partial charge is 0.382 e. The van der Waals surface area contributed by atoms with E-state index in [0.29, 0.717) is 29.7 Å². The number of piperidine rings is 1. The predicted octanol–water partition coefficient (Wildman–Crippen LogP) is 3.48. The summed E-state index contributed by atoms with van der Waals surface area (Å²) in [6.45, 7) is 2.89. The lowest BCUT2D eigenvalue weighted by Crippen LogP contribution is -2.47. The van der Waals surface area contributed by atoms with Crippen LogP contribution in [0.4, 0.5) is 5.82 Å². The lowest BCUT2D eigenvalue weighted by atomic mass is 9.96. The molecule has 0 saturated carbocycles. The molecule has 1 fully saturated rings. The third-order valence-electron chi connectivity index (χ3n) is 5.16. The topological polar surface area (TPSA) is 83.9 Å². The number of halogens is 1. The van der Waals surface area contributed by atoms with Crippen LogP contribution in [0.15, 0.2) is 35.6 Å². The van der Waals surface area contributed by atoms with Gasteiger partial charge < -0.3 is 15.1 Å². The van der Waals surface area contributed by atoms with E-state index in [-0.39, 0.29) is 17.7 Å². The van der Waals surface area contributed by atoms with Crippen LogP contribution >= 0.6 is 22.9 Å². The third kappa shape index (κ3) is 4.43. The molecule has 0 aromatic carbocycles. The lowest BCUT2D eigenvalue weighted by molar-refractivity contribution is -0.144. The number of rotatable bonds is 4. The molecule has 0 radical (unpaired) electrons. The second-order valence-corrected chi connectivity index (χ2v) is 8.94. The van der Waals surface area contributed by atoms with Crippen LogP contribution < -0.4 is 5.32 Å². The molecular weight excluding hydrogens is 412 g/mol. The Morgan fingerprint density at radius 1 is 1.34 bits per heavy atom. The van der Waals surface area contributed by atoms with Crippen molar-refractivity contribution in [2.75, 3.05) is 18.4 Å². The van der Waals surface area contributed by atoms with Crippen LogP contribution in [0, 0.1) is 12.8 Å². The van der Waals surface area contributed by atoms with Crippen molar-refractivity contribution in [3.8, 4) is 0 Å². The number of carbonyl (C=O) groups is 2. The molecule has 9 heteroatoms. The molecular formula is C20H21ClN4O3S. The number of hydrogen-bond donors (Lipinski definition) is 1. The molecule has 2 aromatic rings. The number of nitrogens with zero attached hydrogens (tertiary/aromatic N) is 3. The number of likely N-dealkylation sites (tertiary alicyclic amines) is 1. The zero-order valence-electron chi connectivity index (χ0n) is 15.9. The fourth-order valence-electron chi connectivity index (χ4n) is 3.56. The summed E-state index contributed by atoms with van der Waals surface area (Å²) in [5, 5.41) is 6.96. The molecule has 4 heterocycles. The van der Waals surface area contributed by atoms with Crippen LogP contribution in [-0.4, -0.2) is 46.6 Å². The molecule has 2 aliphatic rings. The maximum Gasteiger partial charge on any atom is 0.266 e. The van der Waals surface area contributed by atoms with E-state index < -0.39 is 6.10 Å². The Kier molecular flexibility index (Phi) is 5.82. The van der Waals surface area contributed by atoms with Gasteiger partial charge in [0.15, 0.2) is 0 Å². The zero-order chi connectivity index (χ0) is 20.4. The second-order valence-electron chi connectivity index (χ2n) is 7.22. The summed E-state index contributed by atoms with van der Waals surface area (Å²) in [7, 11) is 0. The van der Waals surface area contributed by atoms with Gasteiger partial charge in [-0.3, -0.25) is 9.59 Å². The molecule has 2 aromatic heterocycles. The quantitative estimate of drug-likeness (QED) is 0.801. The van der Waals surface area contributed by atoms with E-state index in [1.165, 1.54) is 11.3 Å². The molecule has 0 spiro atoms. The zero-order valence-corrected chi connectivity index (χ0v) is 17.5. The summed E-state index contributed by atoms with van der Waals surface area (Å²) in [5.74, 6) is 0.0550. The number of carbonyl (C=O) groups excluding carboxylic acids is 2. The summed E-state index contributed by atoms with van der Waals surface area (Å²) in [6, 6.07) is 7.41. The lowest BCUT2D eigenvalue weighted by Gasteiger charge is -2.33. The molecule has 0 bridgehead atoms. The summed E-state index contributed by atoms with van der Waals surface area (Å²) < 4.78 is 0.672. The van der Waals surface area contributed by atoms with Gasteiger partial charge in [-0.25, -0.2) is 4.98 Å². The average molecular weight is 433 g/mol. The van der Waals surface area contributed by atoms with E-state index in [0.717, 1.165) is 29.0 Å². The first-order valence-electron chi connectivity index (χ1n) is 9.51. The number of oxime groups is 1. The Morgan fingerprint density at radius 3 is 2.97 bits per heavy atom. The highest BCUT2D eigenvalue weighted by Crippen LogP contribution is 2.28. The number of aryl methyl sites for hydroxylation is 1. The summed E-state index contributed by atoms with van der Waals surface area (Å²) in [4.78, 5) is 37.9. The van der Waals surface area contributed by atoms with Gasteiger partial charge in [0.25, 0.3) is 5.91 Å². The average Bonchev–Trinajstić information content (AvgIpc) is 3.38. The van der Waals surface area contributed by atoms with Crippen LogP contribution in [0.1, 0.15) is 29.7 Å². The minimum Gasteiger partial charge on any atom is -0.382 e. The highest BCUT2D eigenvalue weighted by atomic mass is 35.5. The molecule has 2 unspecified atom stereocenters. The van der Waals surface area contributed by atoms with Crippen molar-refractivity contribution in [2.24, 2.45) is 11.1 Å². The first kappa shape index (κ1) is 19.8. The molecule has 2 amide bonds. The Bertz CT molecular complexity index is 961. The Balaban J connectivity index is 1.35. The van der Waals surface area contributed by atoms with Crippen molar-refractivity contribution in [1.29, 1.82) is 0 Å². The first-order valence-corrected chi connectivity index (χ1v) is 10.7. The van der Waals surface area contributed by atoms with Crippen molar-refractivity contribution >= 4 is 46.3 Å². The highest BCUT2D eigenvalue weighted by molar-refractivity contribution is 7.18. The standard InChI is InChI=1S/C20H21ClN4O3S/c1-12-4-2-8-22-18(12)23-19(26)13-5-3-9-25(11-13)20(27)15-10-14(24-28-15)16-6-7-17(21)29-16/h2,4,6-8,13,15H,3,5,9-11H2,1H3,(H,22,23,26). The SMILES string of the molecule is Cc1cccnc1NC(=O)C1CCCN(C(=O)C2CC(c3ccc(Cl)s3)=NO2)C1. The fraction of sp³-hybridized carbons (Fsp3) is 0.400. The number of thiophene rings is 1. The maximum absolute atomic E-state index is 12.9. The molecule has 7 nitrogen and oxygen atoms in total.